The summed E-state index contributed by atoms with van der Waals surface area (Å²) in [4.78, 5) is 16.7. The van der Waals surface area contributed by atoms with Crippen LogP contribution >= 0.6 is 0 Å². The van der Waals surface area contributed by atoms with Crippen molar-refractivity contribution in [3.8, 4) is 11.5 Å². The molecule has 3 aromatic rings. The number of amides is 1. The van der Waals surface area contributed by atoms with E-state index in [1.807, 2.05) is 12.1 Å². The molecule has 0 atom stereocenters. The molecule has 7 heteroatoms. The molecule has 3 heterocycles. The molecule has 26 heavy (non-hydrogen) atoms. The van der Waals surface area contributed by atoms with E-state index in [9.17, 15) is 9.18 Å². The standard InChI is InChI=1S/C19H19FN4O2/c20-15-4-1-3-14(11-15)13-23-6-8-24(9-7-23)19(25)17-12-16(21-22-17)18-5-2-10-26-18/h1-5,10-12H,6-9,13H2,(H,21,22). The third-order valence-electron chi connectivity index (χ3n) is 4.54. The Morgan fingerprint density at radius 1 is 1.15 bits per heavy atom. The van der Waals surface area contributed by atoms with E-state index in [4.69, 9.17) is 4.42 Å². The molecule has 1 amide bonds. The number of hydrogen-bond acceptors (Lipinski definition) is 4. The van der Waals surface area contributed by atoms with Crippen LogP contribution in [0.25, 0.3) is 11.5 Å². The summed E-state index contributed by atoms with van der Waals surface area (Å²) in [7, 11) is 0. The molecule has 134 valence electrons. The number of benzene rings is 1. The number of nitrogens with zero attached hydrogens (tertiary/aromatic N) is 3. The number of halogens is 1. The molecule has 0 bridgehead atoms. The number of nitrogens with one attached hydrogen (secondary N) is 1. The molecular formula is C19H19FN4O2. The highest BCUT2D eigenvalue weighted by Crippen LogP contribution is 2.19. The first-order valence-corrected chi connectivity index (χ1v) is 8.54. The molecule has 1 fully saturated rings. The molecule has 1 aromatic carbocycles. The monoisotopic (exact) mass is 354 g/mol. The van der Waals surface area contributed by atoms with Gasteiger partial charge in [-0.2, -0.15) is 5.10 Å². The first-order chi connectivity index (χ1) is 12.7. The fraction of sp³-hybridized carbons (Fsp3) is 0.263. The Labute approximate surface area is 150 Å². The van der Waals surface area contributed by atoms with Crippen molar-refractivity contribution in [2.45, 2.75) is 6.54 Å². The van der Waals surface area contributed by atoms with Crippen LogP contribution in [0.1, 0.15) is 16.1 Å². The number of aromatic amines is 1. The molecule has 0 saturated carbocycles. The molecule has 4 rings (SSSR count). The fourth-order valence-corrected chi connectivity index (χ4v) is 3.15. The Morgan fingerprint density at radius 2 is 2.00 bits per heavy atom. The third-order valence-corrected chi connectivity index (χ3v) is 4.54. The first-order valence-electron chi connectivity index (χ1n) is 8.54. The van der Waals surface area contributed by atoms with Crippen LogP contribution in [0.15, 0.2) is 53.1 Å². The van der Waals surface area contributed by atoms with Gasteiger partial charge in [0.1, 0.15) is 11.5 Å². The lowest BCUT2D eigenvalue weighted by molar-refractivity contribution is 0.0622. The maximum Gasteiger partial charge on any atom is 0.274 e. The number of piperazine rings is 1. The van der Waals surface area contributed by atoms with Crippen molar-refractivity contribution < 1.29 is 13.6 Å². The number of rotatable bonds is 4. The summed E-state index contributed by atoms with van der Waals surface area (Å²) < 4.78 is 18.6. The Bertz CT molecular complexity index is 883. The molecule has 2 aromatic heterocycles. The Kier molecular flexibility index (Phi) is 4.53. The highest BCUT2D eigenvalue weighted by Gasteiger charge is 2.24. The van der Waals surface area contributed by atoms with Gasteiger partial charge in [-0.15, -0.1) is 0 Å². The van der Waals surface area contributed by atoms with Crippen molar-refractivity contribution in [1.29, 1.82) is 0 Å². The van der Waals surface area contributed by atoms with E-state index in [1.165, 1.54) is 6.07 Å². The van der Waals surface area contributed by atoms with Crippen molar-refractivity contribution in [2.75, 3.05) is 26.2 Å². The second kappa shape index (κ2) is 7.13. The first kappa shape index (κ1) is 16.5. The molecular weight excluding hydrogens is 335 g/mol. The normalized spacial score (nSPS) is 15.3. The molecule has 0 aliphatic carbocycles. The number of carbonyl (C=O) groups excluding carboxylic acids is 1. The van der Waals surface area contributed by atoms with Crippen molar-refractivity contribution in [3.63, 3.8) is 0 Å². The van der Waals surface area contributed by atoms with E-state index in [0.717, 1.165) is 18.7 Å². The average Bonchev–Trinajstić information content (AvgIpc) is 3.33. The van der Waals surface area contributed by atoms with Crippen molar-refractivity contribution in [2.24, 2.45) is 0 Å². The van der Waals surface area contributed by atoms with E-state index in [-0.39, 0.29) is 11.7 Å². The van der Waals surface area contributed by atoms with Gasteiger partial charge in [0, 0.05) is 38.8 Å². The lowest BCUT2D eigenvalue weighted by Crippen LogP contribution is -2.48. The maximum atomic E-state index is 13.3. The van der Waals surface area contributed by atoms with Gasteiger partial charge in [0.25, 0.3) is 5.91 Å². The van der Waals surface area contributed by atoms with Crippen LogP contribution in [0, 0.1) is 5.82 Å². The molecule has 1 aliphatic rings. The lowest BCUT2D eigenvalue weighted by atomic mass is 10.2. The summed E-state index contributed by atoms with van der Waals surface area (Å²) in [6.45, 7) is 3.43. The van der Waals surface area contributed by atoms with Gasteiger partial charge in [-0.25, -0.2) is 4.39 Å². The van der Waals surface area contributed by atoms with Crippen molar-refractivity contribution in [3.05, 3.63) is 65.8 Å². The zero-order valence-corrected chi connectivity index (χ0v) is 14.2. The van der Waals surface area contributed by atoms with Crippen LogP contribution in [0.4, 0.5) is 4.39 Å². The summed E-state index contributed by atoms with van der Waals surface area (Å²) in [5.74, 6) is 0.336. The second-order valence-corrected chi connectivity index (χ2v) is 6.34. The van der Waals surface area contributed by atoms with Gasteiger partial charge in [0.05, 0.1) is 6.26 Å². The van der Waals surface area contributed by atoms with E-state index in [0.29, 0.717) is 36.8 Å². The molecule has 1 saturated heterocycles. The Balaban J connectivity index is 1.35. The van der Waals surface area contributed by atoms with Crippen LogP contribution in [0.3, 0.4) is 0 Å². The third kappa shape index (κ3) is 3.52. The van der Waals surface area contributed by atoms with Gasteiger partial charge >= 0.3 is 0 Å². The number of H-pyrrole nitrogens is 1. The fourth-order valence-electron chi connectivity index (χ4n) is 3.15. The van der Waals surface area contributed by atoms with Gasteiger partial charge < -0.3 is 9.32 Å². The highest BCUT2D eigenvalue weighted by molar-refractivity contribution is 5.93. The molecule has 1 N–H and O–H groups in total. The van der Waals surface area contributed by atoms with E-state index < -0.39 is 0 Å². The summed E-state index contributed by atoms with van der Waals surface area (Å²) in [5.41, 5.74) is 2.01. The van der Waals surface area contributed by atoms with Crippen molar-refractivity contribution >= 4 is 5.91 Å². The minimum absolute atomic E-state index is 0.0931. The zero-order chi connectivity index (χ0) is 17.9. The molecule has 0 spiro atoms. The molecule has 0 unspecified atom stereocenters. The molecule has 6 nitrogen and oxygen atoms in total. The molecule has 1 aliphatic heterocycles. The van der Waals surface area contributed by atoms with Gasteiger partial charge in [0.15, 0.2) is 11.5 Å². The van der Waals surface area contributed by atoms with Gasteiger partial charge in [0.2, 0.25) is 0 Å². The smallest absolute Gasteiger partial charge is 0.274 e. The topological polar surface area (TPSA) is 65.4 Å². The largest absolute Gasteiger partial charge is 0.463 e. The summed E-state index contributed by atoms with van der Waals surface area (Å²) in [6.07, 6.45) is 1.58. The predicted molar refractivity (Wildman–Crippen MR) is 93.9 cm³/mol. The van der Waals surface area contributed by atoms with Crippen LogP contribution in [0.5, 0.6) is 0 Å². The predicted octanol–water partition coefficient (Wildman–Crippen LogP) is 2.77. The minimum atomic E-state index is -0.220. The lowest BCUT2D eigenvalue weighted by Gasteiger charge is -2.34. The summed E-state index contributed by atoms with van der Waals surface area (Å²) in [6, 6.07) is 11.9. The van der Waals surface area contributed by atoms with Gasteiger partial charge in [-0.05, 0) is 29.8 Å². The molecule has 0 radical (unpaired) electrons. The minimum Gasteiger partial charge on any atom is -0.463 e. The maximum absolute atomic E-state index is 13.3. The summed E-state index contributed by atoms with van der Waals surface area (Å²) in [5, 5.41) is 6.95. The van der Waals surface area contributed by atoms with Crippen LogP contribution in [0.2, 0.25) is 0 Å². The van der Waals surface area contributed by atoms with Gasteiger partial charge in [-0.3, -0.25) is 14.8 Å². The Hall–Kier alpha value is -2.93. The number of aromatic nitrogens is 2. The quantitative estimate of drug-likeness (QED) is 0.782. The van der Waals surface area contributed by atoms with Crippen LogP contribution in [-0.4, -0.2) is 52.1 Å². The highest BCUT2D eigenvalue weighted by atomic mass is 19.1. The zero-order valence-electron chi connectivity index (χ0n) is 14.2. The summed E-state index contributed by atoms with van der Waals surface area (Å²) >= 11 is 0. The number of furan rings is 1. The number of hydrogen-bond donors (Lipinski definition) is 1. The van der Waals surface area contributed by atoms with Crippen LogP contribution in [-0.2, 0) is 6.54 Å². The van der Waals surface area contributed by atoms with E-state index in [2.05, 4.69) is 15.1 Å². The average molecular weight is 354 g/mol. The van der Waals surface area contributed by atoms with E-state index in [1.54, 1.807) is 35.4 Å². The number of carbonyl (C=O) groups is 1. The van der Waals surface area contributed by atoms with Gasteiger partial charge in [-0.1, -0.05) is 12.1 Å². The van der Waals surface area contributed by atoms with Crippen molar-refractivity contribution in [1.82, 2.24) is 20.0 Å². The Morgan fingerprint density at radius 3 is 2.73 bits per heavy atom. The second-order valence-electron chi connectivity index (χ2n) is 6.34. The van der Waals surface area contributed by atoms with Crippen LogP contribution < -0.4 is 0 Å². The van der Waals surface area contributed by atoms with E-state index >= 15 is 0 Å². The SMILES string of the molecule is O=C(c1cc(-c2ccco2)[nH]n1)N1CCN(Cc2cccc(F)c2)CC1.